The van der Waals surface area contributed by atoms with Crippen molar-refractivity contribution < 1.29 is 0 Å². The quantitative estimate of drug-likeness (QED) is 0.453. The van der Waals surface area contributed by atoms with Crippen LogP contribution in [0.4, 0.5) is 28.8 Å². The molecule has 0 fully saturated rings. The molecule has 3 aromatic rings. The van der Waals surface area contributed by atoms with Crippen molar-refractivity contribution in [1.82, 2.24) is 9.97 Å². The van der Waals surface area contributed by atoms with Gasteiger partial charge in [-0.1, -0.05) is 0 Å². The van der Waals surface area contributed by atoms with Crippen LogP contribution in [-0.4, -0.2) is 9.97 Å². The molecule has 0 saturated heterocycles. The molecule has 0 saturated carbocycles. The van der Waals surface area contributed by atoms with Crippen molar-refractivity contribution in [2.45, 2.75) is 13.8 Å². The number of nitriles is 1. The number of hydrogen-bond acceptors (Lipinski definition) is 6. The van der Waals surface area contributed by atoms with Gasteiger partial charge >= 0.3 is 0 Å². The van der Waals surface area contributed by atoms with Gasteiger partial charge in [-0.2, -0.15) is 10.2 Å². The Hall–Kier alpha value is -3.85. The highest BCUT2D eigenvalue weighted by Crippen LogP contribution is 2.26. The molecule has 0 bridgehead atoms. The van der Waals surface area contributed by atoms with Crippen LogP contribution in [0.25, 0.3) is 6.08 Å². The Kier molecular flexibility index (Phi) is 5.33. The van der Waals surface area contributed by atoms with E-state index in [1.54, 1.807) is 12.3 Å². The number of anilines is 5. The summed E-state index contributed by atoms with van der Waals surface area (Å²) in [7, 11) is 0. The molecule has 6 nitrogen and oxygen atoms in total. The van der Waals surface area contributed by atoms with Crippen LogP contribution in [0.5, 0.6) is 0 Å². The van der Waals surface area contributed by atoms with E-state index in [-0.39, 0.29) is 0 Å². The molecular formula is C21H20N6. The Balaban J connectivity index is 1.81. The lowest BCUT2D eigenvalue weighted by molar-refractivity contribution is 1.16. The molecule has 27 heavy (non-hydrogen) atoms. The van der Waals surface area contributed by atoms with Gasteiger partial charge in [0.15, 0.2) is 0 Å². The second kappa shape index (κ2) is 8.02. The maximum atomic E-state index is 8.69. The lowest BCUT2D eigenvalue weighted by Gasteiger charge is -2.14. The SMILES string of the molecule is Cc1cc(/C=C\C#N)cc(C)c1Nc1ccnc(Nc2ccc(N)cc2)n1. The molecule has 0 radical (unpaired) electrons. The Morgan fingerprint density at radius 2 is 1.74 bits per heavy atom. The summed E-state index contributed by atoms with van der Waals surface area (Å²) in [5, 5.41) is 15.2. The predicted molar refractivity (Wildman–Crippen MR) is 110 cm³/mol. The minimum atomic E-state index is 0.494. The third-order valence-corrected chi connectivity index (χ3v) is 3.98. The van der Waals surface area contributed by atoms with E-state index in [0.717, 1.165) is 28.1 Å². The van der Waals surface area contributed by atoms with Crippen molar-refractivity contribution in [1.29, 1.82) is 5.26 Å². The fourth-order valence-corrected chi connectivity index (χ4v) is 2.74. The number of hydrogen-bond donors (Lipinski definition) is 3. The van der Waals surface area contributed by atoms with Gasteiger partial charge in [-0.05, 0) is 79.1 Å². The van der Waals surface area contributed by atoms with E-state index in [0.29, 0.717) is 17.5 Å². The molecule has 4 N–H and O–H groups in total. The molecule has 0 aliphatic rings. The molecule has 0 aliphatic heterocycles. The summed E-state index contributed by atoms with van der Waals surface area (Å²) in [5.41, 5.74) is 11.4. The van der Waals surface area contributed by atoms with Gasteiger partial charge in [0.1, 0.15) is 5.82 Å². The van der Waals surface area contributed by atoms with Gasteiger partial charge < -0.3 is 16.4 Å². The second-order valence-electron chi connectivity index (χ2n) is 6.13. The zero-order valence-electron chi connectivity index (χ0n) is 15.2. The van der Waals surface area contributed by atoms with Gasteiger partial charge in [-0.15, -0.1) is 0 Å². The number of aryl methyl sites for hydroxylation is 2. The number of aromatic nitrogens is 2. The third-order valence-electron chi connectivity index (χ3n) is 3.98. The Morgan fingerprint density at radius 1 is 1.04 bits per heavy atom. The Bertz CT molecular complexity index is 993. The number of nitrogens with one attached hydrogen (secondary N) is 2. The van der Waals surface area contributed by atoms with Crippen molar-refractivity contribution >= 4 is 34.9 Å². The molecule has 3 rings (SSSR count). The summed E-state index contributed by atoms with van der Waals surface area (Å²) in [5.74, 6) is 1.18. The first-order chi connectivity index (χ1) is 13.0. The molecule has 0 aliphatic carbocycles. The molecule has 0 spiro atoms. The van der Waals surface area contributed by atoms with Gasteiger partial charge in [0.05, 0.1) is 6.07 Å². The summed E-state index contributed by atoms with van der Waals surface area (Å²) < 4.78 is 0. The van der Waals surface area contributed by atoms with Crippen molar-refractivity contribution in [2.24, 2.45) is 0 Å². The van der Waals surface area contributed by atoms with Crippen molar-refractivity contribution in [3.63, 3.8) is 0 Å². The summed E-state index contributed by atoms with van der Waals surface area (Å²) in [4.78, 5) is 8.78. The average molecular weight is 356 g/mol. The number of rotatable bonds is 5. The zero-order chi connectivity index (χ0) is 19.2. The highest BCUT2D eigenvalue weighted by molar-refractivity contribution is 5.69. The average Bonchev–Trinajstić information content (AvgIpc) is 2.65. The molecular weight excluding hydrogens is 336 g/mol. The van der Waals surface area contributed by atoms with E-state index >= 15 is 0 Å². The van der Waals surface area contributed by atoms with Crippen LogP contribution in [0.15, 0.2) is 54.7 Å². The van der Waals surface area contributed by atoms with Crippen LogP contribution in [-0.2, 0) is 0 Å². The van der Waals surface area contributed by atoms with Crippen LogP contribution in [0.1, 0.15) is 16.7 Å². The highest BCUT2D eigenvalue weighted by Gasteiger charge is 2.07. The lowest BCUT2D eigenvalue weighted by atomic mass is 10.0. The first kappa shape index (κ1) is 18.0. The van der Waals surface area contributed by atoms with Gasteiger partial charge in [-0.3, -0.25) is 0 Å². The number of nitrogen functional groups attached to an aromatic ring is 1. The van der Waals surface area contributed by atoms with Crippen molar-refractivity contribution in [2.75, 3.05) is 16.4 Å². The van der Waals surface area contributed by atoms with Crippen LogP contribution < -0.4 is 16.4 Å². The summed E-state index contributed by atoms with van der Waals surface area (Å²) in [6, 6.07) is 15.3. The van der Waals surface area contributed by atoms with E-state index in [2.05, 4.69) is 20.6 Å². The molecule has 1 heterocycles. The minimum absolute atomic E-state index is 0.494. The maximum absolute atomic E-state index is 8.69. The highest BCUT2D eigenvalue weighted by atomic mass is 15.1. The van der Waals surface area contributed by atoms with Crippen molar-refractivity contribution in [3.05, 3.63) is 71.4 Å². The van der Waals surface area contributed by atoms with E-state index in [1.807, 2.05) is 62.4 Å². The molecule has 0 amide bonds. The van der Waals surface area contributed by atoms with Crippen LogP contribution in [0.3, 0.4) is 0 Å². The Labute approximate surface area is 158 Å². The monoisotopic (exact) mass is 356 g/mol. The van der Waals surface area contributed by atoms with Crippen LogP contribution in [0.2, 0.25) is 0 Å². The number of nitrogens with zero attached hydrogens (tertiary/aromatic N) is 3. The number of nitrogens with two attached hydrogens (primary N) is 1. The molecule has 1 aromatic heterocycles. The molecule has 6 heteroatoms. The summed E-state index contributed by atoms with van der Waals surface area (Å²) in [6.45, 7) is 4.04. The van der Waals surface area contributed by atoms with Gasteiger partial charge in [0.25, 0.3) is 0 Å². The standard InChI is InChI=1S/C21H20N6/c1-14-12-16(4-3-10-22)13-15(2)20(14)26-19-9-11-24-21(27-19)25-18-7-5-17(23)6-8-18/h3-9,11-13H,23H2,1-2H3,(H2,24,25,26,27)/b4-3-. The van der Waals surface area contributed by atoms with E-state index in [1.165, 1.54) is 6.08 Å². The second-order valence-corrected chi connectivity index (χ2v) is 6.13. The topological polar surface area (TPSA) is 99.7 Å². The van der Waals surface area contributed by atoms with Gasteiger partial charge in [0.2, 0.25) is 5.95 Å². The smallest absolute Gasteiger partial charge is 0.229 e. The lowest BCUT2D eigenvalue weighted by Crippen LogP contribution is -2.02. The zero-order valence-corrected chi connectivity index (χ0v) is 15.2. The van der Waals surface area contributed by atoms with Crippen molar-refractivity contribution in [3.8, 4) is 6.07 Å². The molecule has 0 atom stereocenters. The molecule has 134 valence electrons. The van der Waals surface area contributed by atoms with E-state index in [9.17, 15) is 0 Å². The predicted octanol–water partition coefficient (Wildman–Crippen LogP) is 4.70. The normalized spacial score (nSPS) is 10.6. The van der Waals surface area contributed by atoms with Crippen LogP contribution >= 0.6 is 0 Å². The first-order valence-corrected chi connectivity index (χ1v) is 8.45. The van der Waals surface area contributed by atoms with E-state index < -0.39 is 0 Å². The van der Waals surface area contributed by atoms with E-state index in [4.69, 9.17) is 11.0 Å². The third kappa shape index (κ3) is 4.61. The largest absolute Gasteiger partial charge is 0.399 e. The molecule has 0 unspecified atom stereocenters. The first-order valence-electron chi connectivity index (χ1n) is 8.45. The fraction of sp³-hybridized carbons (Fsp3) is 0.0952. The fourth-order valence-electron chi connectivity index (χ4n) is 2.74. The Morgan fingerprint density at radius 3 is 2.41 bits per heavy atom. The summed E-state index contributed by atoms with van der Waals surface area (Å²) >= 11 is 0. The van der Waals surface area contributed by atoms with Gasteiger partial charge in [0, 0.05) is 29.3 Å². The minimum Gasteiger partial charge on any atom is -0.399 e. The number of benzene rings is 2. The summed E-state index contributed by atoms with van der Waals surface area (Å²) in [6.07, 6.45) is 4.97. The molecule has 2 aromatic carbocycles. The van der Waals surface area contributed by atoms with Gasteiger partial charge in [-0.25, -0.2) is 4.98 Å². The number of allylic oxidation sites excluding steroid dienone is 1. The maximum Gasteiger partial charge on any atom is 0.229 e. The van der Waals surface area contributed by atoms with Crippen LogP contribution in [0, 0.1) is 25.2 Å².